The van der Waals surface area contributed by atoms with Gasteiger partial charge in [-0.3, -0.25) is 4.98 Å². The van der Waals surface area contributed by atoms with Gasteiger partial charge in [-0.15, -0.1) is 12.4 Å². The second-order valence-electron chi connectivity index (χ2n) is 6.12. The third-order valence-corrected chi connectivity index (χ3v) is 4.46. The molecule has 1 aliphatic carbocycles. The number of hydrogen-bond acceptors (Lipinski definition) is 5. The molecule has 4 rings (SSSR count). The van der Waals surface area contributed by atoms with Gasteiger partial charge < -0.3 is 10.3 Å². The number of halogens is 1. The van der Waals surface area contributed by atoms with E-state index in [4.69, 9.17) is 10.3 Å². The van der Waals surface area contributed by atoms with E-state index in [0.717, 1.165) is 47.8 Å². The average Bonchev–Trinajstić information content (AvgIpc) is 3.16. The normalized spacial score (nSPS) is 16.4. The topological polar surface area (TPSA) is 77.8 Å². The van der Waals surface area contributed by atoms with E-state index < -0.39 is 5.54 Å². The number of nitrogens with zero attached hydrogens (tertiary/aromatic N) is 3. The SMILES string of the molecule is Cc1ccc2cccc(-c3nc(C4(N)CCCC4)no3)c2n1.Cl. The van der Waals surface area contributed by atoms with Gasteiger partial charge in [0, 0.05) is 11.1 Å². The van der Waals surface area contributed by atoms with Crippen molar-refractivity contribution in [2.45, 2.75) is 38.1 Å². The quantitative estimate of drug-likeness (QED) is 0.774. The molecule has 0 spiro atoms. The summed E-state index contributed by atoms with van der Waals surface area (Å²) in [6.07, 6.45) is 4.07. The Balaban J connectivity index is 0.00000156. The van der Waals surface area contributed by atoms with Gasteiger partial charge in [0.1, 0.15) is 0 Å². The number of rotatable bonds is 2. The van der Waals surface area contributed by atoms with Gasteiger partial charge in [-0.05, 0) is 31.9 Å². The lowest BCUT2D eigenvalue weighted by Crippen LogP contribution is -2.34. The van der Waals surface area contributed by atoms with Crippen molar-refractivity contribution < 1.29 is 4.52 Å². The van der Waals surface area contributed by atoms with E-state index in [-0.39, 0.29) is 12.4 Å². The van der Waals surface area contributed by atoms with Crippen molar-refractivity contribution in [3.63, 3.8) is 0 Å². The molecule has 1 fully saturated rings. The highest BCUT2D eigenvalue weighted by Crippen LogP contribution is 2.36. The molecule has 1 aliphatic rings. The highest BCUT2D eigenvalue weighted by molar-refractivity contribution is 5.91. The summed E-state index contributed by atoms with van der Waals surface area (Å²) in [4.78, 5) is 9.19. The standard InChI is InChI=1S/C17H18N4O.ClH/c1-11-7-8-12-5-4-6-13(14(12)19-11)15-20-16(21-22-15)17(18)9-2-3-10-17;/h4-8H,2-3,9-10,18H2,1H3;1H. The number of fused-ring (bicyclic) bond motifs is 1. The molecule has 3 aromatic rings. The Morgan fingerprint density at radius 1 is 1.09 bits per heavy atom. The number of para-hydroxylation sites is 1. The van der Waals surface area contributed by atoms with Gasteiger partial charge in [0.15, 0.2) is 5.82 Å². The summed E-state index contributed by atoms with van der Waals surface area (Å²) in [5, 5.41) is 5.20. The van der Waals surface area contributed by atoms with Crippen molar-refractivity contribution in [3.8, 4) is 11.5 Å². The van der Waals surface area contributed by atoms with E-state index in [1.54, 1.807) is 0 Å². The van der Waals surface area contributed by atoms with Crippen LogP contribution < -0.4 is 5.73 Å². The minimum Gasteiger partial charge on any atom is -0.334 e. The molecule has 0 aliphatic heterocycles. The molecule has 2 aromatic heterocycles. The van der Waals surface area contributed by atoms with Crippen molar-refractivity contribution in [2.24, 2.45) is 5.73 Å². The van der Waals surface area contributed by atoms with Crippen molar-refractivity contribution in [1.29, 1.82) is 0 Å². The Kier molecular flexibility index (Phi) is 4.08. The summed E-state index contributed by atoms with van der Waals surface area (Å²) in [5.41, 5.74) is 8.68. The summed E-state index contributed by atoms with van der Waals surface area (Å²) in [5.74, 6) is 1.11. The molecule has 2 heterocycles. The number of hydrogen-bond donors (Lipinski definition) is 1. The van der Waals surface area contributed by atoms with E-state index in [0.29, 0.717) is 11.7 Å². The van der Waals surface area contributed by atoms with Crippen LogP contribution in [-0.4, -0.2) is 15.1 Å². The summed E-state index contributed by atoms with van der Waals surface area (Å²) >= 11 is 0. The lowest BCUT2D eigenvalue weighted by atomic mass is 9.98. The Bertz CT molecular complexity index is 839. The molecule has 0 amide bonds. The van der Waals surface area contributed by atoms with Gasteiger partial charge >= 0.3 is 0 Å². The Hall–Kier alpha value is -1.98. The van der Waals surface area contributed by atoms with Crippen LogP contribution in [0.25, 0.3) is 22.4 Å². The number of pyridine rings is 1. The van der Waals surface area contributed by atoms with Crippen molar-refractivity contribution in [2.75, 3.05) is 0 Å². The zero-order valence-corrected chi connectivity index (χ0v) is 13.8. The van der Waals surface area contributed by atoms with Gasteiger partial charge in [-0.25, -0.2) is 0 Å². The van der Waals surface area contributed by atoms with Crippen LogP contribution in [0.15, 0.2) is 34.9 Å². The van der Waals surface area contributed by atoms with Gasteiger partial charge in [0.2, 0.25) is 0 Å². The van der Waals surface area contributed by atoms with Gasteiger partial charge in [0.05, 0.1) is 16.6 Å². The van der Waals surface area contributed by atoms with E-state index >= 15 is 0 Å². The zero-order chi connectivity index (χ0) is 15.2. The molecule has 0 saturated heterocycles. The fraction of sp³-hybridized carbons (Fsp3) is 0.353. The number of aromatic nitrogens is 3. The average molecular weight is 331 g/mol. The van der Waals surface area contributed by atoms with Crippen LogP contribution in [0.4, 0.5) is 0 Å². The Labute approximate surface area is 140 Å². The Morgan fingerprint density at radius 3 is 2.65 bits per heavy atom. The first kappa shape index (κ1) is 15.9. The predicted octanol–water partition coefficient (Wildman–Crippen LogP) is 3.74. The summed E-state index contributed by atoms with van der Waals surface area (Å²) in [7, 11) is 0. The second kappa shape index (κ2) is 5.91. The molecule has 23 heavy (non-hydrogen) atoms. The third-order valence-electron chi connectivity index (χ3n) is 4.46. The number of nitrogens with two attached hydrogens (primary N) is 1. The minimum absolute atomic E-state index is 0. The van der Waals surface area contributed by atoms with Crippen LogP contribution in [0.1, 0.15) is 37.2 Å². The summed E-state index contributed by atoms with van der Waals surface area (Å²) in [6, 6.07) is 10.0. The van der Waals surface area contributed by atoms with Crippen LogP contribution >= 0.6 is 12.4 Å². The largest absolute Gasteiger partial charge is 0.334 e. The number of aryl methyl sites for hydroxylation is 1. The maximum absolute atomic E-state index is 6.41. The van der Waals surface area contributed by atoms with E-state index in [2.05, 4.69) is 21.2 Å². The van der Waals surface area contributed by atoms with Crippen LogP contribution in [-0.2, 0) is 5.54 Å². The first-order valence-corrected chi connectivity index (χ1v) is 7.66. The van der Waals surface area contributed by atoms with Crippen LogP contribution in [0, 0.1) is 6.92 Å². The van der Waals surface area contributed by atoms with Crippen LogP contribution in [0.5, 0.6) is 0 Å². The maximum Gasteiger partial charge on any atom is 0.260 e. The van der Waals surface area contributed by atoms with Crippen LogP contribution in [0.2, 0.25) is 0 Å². The molecule has 120 valence electrons. The predicted molar refractivity (Wildman–Crippen MR) is 91.4 cm³/mol. The van der Waals surface area contributed by atoms with Gasteiger partial charge in [-0.2, -0.15) is 4.98 Å². The molecular formula is C17H19ClN4O. The van der Waals surface area contributed by atoms with E-state index in [9.17, 15) is 0 Å². The first-order chi connectivity index (χ1) is 10.7. The fourth-order valence-electron chi connectivity index (χ4n) is 3.18. The Morgan fingerprint density at radius 2 is 1.87 bits per heavy atom. The fourth-order valence-corrected chi connectivity index (χ4v) is 3.18. The highest BCUT2D eigenvalue weighted by atomic mass is 35.5. The van der Waals surface area contributed by atoms with Gasteiger partial charge in [0.25, 0.3) is 5.89 Å². The maximum atomic E-state index is 6.41. The molecule has 0 unspecified atom stereocenters. The lowest BCUT2D eigenvalue weighted by Gasteiger charge is -2.17. The van der Waals surface area contributed by atoms with Crippen molar-refractivity contribution in [1.82, 2.24) is 15.1 Å². The smallest absolute Gasteiger partial charge is 0.260 e. The molecular weight excluding hydrogens is 312 g/mol. The summed E-state index contributed by atoms with van der Waals surface area (Å²) < 4.78 is 5.50. The molecule has 1 saturated carbocycles. The molecule has 2 N–H and O–H groups in total. The zero-order valence-electron chi connectivity index (χ0n) is 13.0. The monoisotopic (exact) mass is 330 g/mol. The summed E-state index contributed by atoms with van der Waals surface area (Å²) in [6.45, 7) is 1.98. The molecule has 0 radical (unpaired) electrons. The first-order valence-electron chi connectivity index (χ1n) is 7.66. The molecule has 0 atom stereocenters. The highest BCUT2D eigenvalue weighted by Gasteiger charge is 2.36. The lowest BCUT2D eigenvalue weighted by molar-refractivity contribution is 0.373. The molecule has 1 aromatic carbocycles. The van der Waals surface area contributed by atoms with E-state index in [1.165, 1.54) is 0 Å². The molecule has 5 nitrogen and oxygen atoms in total. The van der Waals surface area contributed by atoms with Crippen molar-refractivity contribution >= 4 is 23.3 Å². The minimum atomic E-state index is -0.435. The third kappa shape index (κ3) is 2.71. The molecule has 6 heteroatoms. The molecule has 0 bridgehead atoms. The van der Waals surface area contributed by atoms with Gasteiger partial charge in [-0.1, -0.05) is 36.2 Å². The van der Waals surface area contributed by atoms with E-state index in [1.807, 2.05) is 31.2 Å². The number of benzene rings is 1. The van der Waals surface area contributed by atoms with Crippen LogP contribution in [0.3, 0.4) is 0 Å². The second-order valence-corrected chi connectivity index (χ2v) is 6.12. The van der Waals surface area contributed by atoms with Crippen molar-refractivity contribution in [3.05, 3.63) is 41.9 Å².